The van der Waals surface area contributed by atoms with Crippen molar-refractivity contribution in [1.82, 2.24) is 15.4 Å². The van der Waals surface area contributed by atoms with Crippen molar-refractivity contribution in [2.24, 2.45) is 11.8 Å². The summed E-state index contributed by atoms with van der Waals surface area (Å²) in [6.07, 6.45) is 4.99. The minimum atomic E-state index is 1.00. The number of rotatable bonds is 1. The molecule has 2 aliphatic rings. The van der Waals surface area contributed by atoms with Crippen molar-refractivity contribution in [1.29, 1.82) is 0 Å². The van der Waals surface area contributed by atoms with E-state index in [1.807, 2.05) is 0 Å². The molecule has 1 N–H and O–H groups in total. The molecule has 4 heteroatoms. The Morgan fingerprint density at radius 2 is 2.07 bits per heavy atom. The first-order valence-corrected chi connectivity index (χ1v) is 5.79. The van der Waals surface area contributed by atoms with E-state index in [1.54, 1.807) is 0 Å². The summed E-state index contributed by atoms with van der Waals surface area (Å²) in [4.78, 5) is 0. The standard InChI is InChI=1S/C10H16BN3/c1-11-10-6-2-4-8-9(13-14-12-8)5-3-7(6)10/h6-7,10-11H,2-5H2,1H3,(H,12,13,14)/t6-,7+,10?. The molecule has 14 heavy (non-hydrogen) atoms. The van der Waals surface area contributed by atoms with Gasteiger partial charge in [0.2, 0.25) is 0 Å². The van der Waals surface area contributed by atoms with Crippen LogP contribution in [0.2, 0.25) is 12.6 Å². The van der Waals surface area contributed by atoms with E-state index < -0.39 is 0 Å². The van der Waals surface area contributed by atoms with Crippen LogP contribution in [-0.2, 0) is 12.8 Å². The van der Waals surface area contributed by atoms with E-state index in [0.29, 0.717) is 0 Å². The Hall–Kier alpha value is -0.795. The second kappa shape index (κ2) is 3.11. The zero-order chi connectivity index (χ0) is 9.54. The Kier molecular flexibility index (Phi) is 1.89. The highest BCUT2D eigenvalue weighted by Crippen LogP contribution is 2.56. The fraction of sp³-hybridized carbons (Fsp3) is 0.800. The van der Waals surface area contributed by atoms with Gasteiger partial charge in [0, 0.05) is 0 Å². The highest BCUT2D eigenvalue weighted by molar-refractivity contribution is 6.37. The van der Waals surface area contributed by atoms with Crippen LogP contribution < -0.4 is 0 Å². The normalized spacial score (nSPS) is 35.1. The highest BCUT2D eigenvalue weighted by atomic mass is 15.3. The van der Waals surface area contributed by atoms with Crippen molar-refractivity contribution in [2.75, 3.05) is 0 Å². The number of aromatic amines is 1. The van der Waals surface area contributed by atoms with Crippen molar-refractivity contribution in [3.05, 3.63) is 11.4 Å². The second-order valence-electron chi connectivity index (χ2n) is 4.71. The summed E-state index contributed by atoms with van der Waals surface area (Å²) in [5.74, 6) is 3.04. The molecule has 3 nitrogen and oxygen atoms in total. The number of hydrogen-bond acceptors (Lipinski definition) is 2. The van der Waals surface area contributed by atoms with Crippen molar-refractivity contribution < 1.29 is 0 Å². The minimum absolute atomic E-state index is 1.00. The SMILES string of the molecule is CBC1[C@H]2CCc3nn[nH]c3CC[C@@H]12. The number of nitrogens with one attached hydrogen (secondary N) is 1. The molecule has 1 aromatic rings. The molecule has 1 fully saturated rings. The van der Waals surface area contributed by atoms with E-state index in [2.05, 4.69) is 22.2 Å². The zero-order valence-electron chi connectivity index (χ0n) is 8.66. The van der Waals surface area contributed by atoms with Gasteiger partial charge in [0.15, 0.2) is 0 Å². The molecule has 0 spiro atoms. The van der Waals surface area contributed by atoms with E-state index in [9.17, 15) is 0 Å². The third kappa shape index (κ3) is 1.20. The first kappa shape index (κ1) is 8.51. The van der Waals surface area contributed by atoms with Crippen molar-refractivity contribution in [3.8, 4) is 0 Å². The van der Waals surface area contributed by atoms with E-state index in [1.165, 1.54) is 37.9 Å². The Morgan fingerprint density at radius 1 is 1.29 bits per heavy atom. The summed E-state index contributed by atoms with van der Waals surface area (Å²) in [6, 6.07) is 0. The highest BCUT2D eigenvalue weighted by Gasteiger charge is 2.47. The van der Waals surface area contributed by atoms with Gasteiger partial charge in [-0.3, -0.25) is 5.10 Å². The molecule has 3 rings (SSSR count). The monoisotopic (exact) mass is 189 g/mol. The topological polar surface area (TPSA) is 41.6 Å². The van der Waals surface area contributed by atoms with Gasteiger partial charge >= 0.3 is 0 Å². The Morgan fingerprint density at radius 3 is 2.86 bits per heavy atom. The third-order valence-electron chi connectivity index (χ3n) is 4.13. The van der Waals surface area contributed by atoms with Gasteiger partial charge < -0.3 is 0 Å². The Bertz CT molecular complexity index is 307. The van der Waals surface area contributed by atoms with Crippen LogP contribution in [0.4, 0.5) is 0 Å². The first-order chi connectivity index (χ1) is 6.90. The third-order valence-corrected chi connectivity index (χ3v) is 4.13. The van der Waals surface area contributed by atoms with E-state index in [0.717, 1.165) is 24.1 Å². The minimum Gasteiger partial charge on any atom is -0.262 e. The molecule has 1 heterocycles. The maximum absolute atomic E-state index is 4.16. The molecule has 74 valence electrons. The second-order valence-corrected chi connectivity index (χ2v) is 4.71. The van der Waals surface area contributed by atoms with Crippen molar-refractivity contribution >= 4 is 7.28 Å². The van der Waals surface area contributed by atoms with Gasteiger partial charge in [-0.05, 0) is 37.5 Å². The lowest BCUT2D eigenvalue weighted by atomic mass is 9.73. The van der Waals surface area contributed by atoms with E-state index in [4.69, 9.17) is 0 Å². The fourth-order valence-corrected chi connectivity index (χ4v) is 3.27. The van der Waals surface area contributed by atoms with Crippen LogP contribution in [-0.4, -0.2) is 22.7 Å². The maximum Gasteiger partial charge on any atom is 0.121 e. The lowest BCUT2D eigenvalue weighted by molar-refractivity contribution is 0.579. The molecule has 0 radical (unpaired) electrons. The predicted octanol–water partition coefficient (Wildman–Crippen LogP) is 1.20. The van der Waals surface area contributed by atoms with Crippen LogP contribution in [0.25, 0.3) is 0 Å². The van der Waals surface area contributed by atoms with Crippen molar-refractivity contribution in [2.45, 2.75) is 38.3 Å². The largest absolute Gasteiger partial charge is 0.262 e. The molecule has 0 saturated heterocycles. The van der Waals surface area contributed by atoms with Gasteiger partial charge in [-0.2, -0.15) is 0 Å². The summed E-state index contributed by atoms with van der Waals surface area (Å²) in [5.41, 5.74) is 2.52. The van der Waals surface area contributed by atoms with E-state index in [-0.39, 0.29) is 0 Å². The molecule has 1 unspecified atom stereocenters. The maximum atomic E-state index is 4.16. The smallest absolute Gasteiger partial charge is 0.121 e. The van der Waals surface area contributed by atoms with Gasteiger partial charge in [0.1, 0.15) is 7.28 Å². The molecule has 3 atom stereocenters. The van der Waals surface area contributed by atoms with Gasteiger partial charge in [-0.25, -0.2) is 0 Å². The summed E-state index contributed by atoms with van der Waals surface area (Å²) in [6.45, 7) is 2.33. The van der Waals surface area contributed by atoms with Crippen LogP contribution in [0.5, 0.6) is 0 Å². The zero-order valence-corrected chi connectivity index (χ0v) is 8.66. The van der Waals surface area contributed by atoms with Gasteiger partial charge in [-0.1, -0.05) is 17.9 Å². The Balaban J connectivity index is 1.77. The summed E-state index contributed by atoms with van der Waals surface area (Å²) in [7, 11) is 1.37. The molecule has 1 aromatic heterocycles. The average Bonchev–Trinajstić information content (AvgIpc) is 2.65. The number of fused-ring (bicyclic) bond motifs is 2. The van der Waals surface area contributed by atoms with Gasteiger partial charge in [-0.15, -0.1) is 5.10 Å². The number of aromatic nitrogens is 3. The fourth-order valence-electron chi connectivity index (χ4n) is 3.27. The molecule has 0 aromatic carbocycles. The van der Waals surface area contributed by atoms with Crippen LogP contribution >= 0.6 is 0 Å². The van der Waals surface area contributed by atoms with Crippen LogP contribution in [0.1, 0.15) is 24.2 Å². The first-order valence-electron chi connectivity index (χ1n) is 5.79. The molecular weight excluding hydrogens is 173 g/mol. The number of hydrogen-bond donors (Lipinski definition) is 1. The molecule has 0 bridgehead atoms. The molecule has 1 saturated carbocycles. The quantitative estimate of drug-likeness (QED) is 0.674. The molecule has 2 aliphatic carbocycles. The summed E-state index contributed by atoms with van der Waals surface area (Å²) >= 11 is 0. The van der Waals surface area contributed by atoms with Crippen molar-refractivity contribution in [3.63, 3.8) is 0 Å². The molecule has 0 aliphatic heterocycles. The van der Waals surface area contributed by atoms with Gasteiger partial charge in [0.05, 0.1) is 11.4 Å². The average molecular weight is 189 g/mol. The molecule has 0 amide bonds. The molecular formula is C10H16BN3. The number of nitrogens with zero attached hydrogens (tertiary/aromatic N) is 2. The van der Waals surface area contributed by atoms with Gasteiger partial charge in [0.25, 0.3) is 0 Å². The number of H-pyrrole nitrogens is 1. The van der Waals surface area contributed by atoms with Crippen LogP contribution in [0.3, 0.4) is 0 Å². The van der Waals surface area contributed by atoms with Crippen LogP contribution in [0.15, 0.2) is 0 Å². The number of aryl methyl sites for hydroxylation is 2. The predicted molar refractivity (Wildman–Crippen MR) is 56.8 cm³/mol. The lowest BCUT2D eigenvalue weighted by Gasteiger charge is -2.05. The Labute approximate surface area is 84.9 Å². The summed E-state index contributed by atoms with van der Waals surface area (Å²) < 4.78 is 0. The lowest BCUT2D eigenvalue weighted by Crippen LogP contribution is -2.00. The van der Waals surface area contributed by atoms with Crippen LogP contribution in [0, 0.1) is 11.8 Å². The van der Waals surface area contributed by atoms with E-state index >= 15 is 0 Å². The summed E-state index contributed by atoms with van der Waals surface area (Å²) in [5, 5.41) is 11.1.